The topological polar surface area (TPSA) is 85.1 Å². The number of aromatic amines is 1. The van der Waals surface area contributed by atoms with E-state index >= 15 is 0 Å². The van der Waals surface area contributed by atoms with E-state index in [1.54, 1.807) is 7.05 Å². The number of benzene rings is 1. The van der Waals surface area contributed by atoms with Crippen molar-refractivity contribution in [1.29, 1.82) is 5.26 Å². The molecule has 0 aliphatic carbocycles. The molecule has 7 heteroatoms. The van der Waals surface area contributed by atoms with Gasteiger partial charge in [-0.1, -0.05) is 19.9 Å². The van der Waals surface area contributed by atoms with Crippen molar-refractivity contribution in [3.8, 4) is 17.3 Å². The van der Waals surface area contributed by atoms with Gasteiger partial charge in [0.1, 0.15) is 11.6 Å². The third-order valence-corrected chi connectivity index (χ3v) is 7.23. The number of hydrogen-bond acceptors (Lipinski definition) is 4. The molecule has 0 radical (unpaired) electrons. The zero-order valence-electron chi connectivity index (χ0n) is 21.6. The van der Waals surface area contributed by atoms with Crippen LogP contribution in [0.1, 0.15) is 60.8 Å². The number of aryl methyl sites for hydroxylation is 1. The van der Waals surface area contributed by atoms with E-state index in [4.69, 9.17) is 0 Å². The van der Waals surface area contributed by atoms with Gasteiger partial charge in [0, 0.05) is 42.8 Å². The molecule has 0 bridgehead atoms. The minimum atomic E-state index is -0.270. The number of nitrogens with one attached hydrogen (secondary N) is 1. The third kappa shape index (κ3) is 4.63. The Morgan fingerprint density at radius 1 is 1.26 bits per heavy atom. The van der Waals surface area contributed by atoms with Crippen molar-refractivity contribution in [2.45, 2.75) is 45.4 Å². The fraction of sp³-hybridized carbons (Fsp3) is 0.464. The van der Waals surface area contributed by atoms with Gasteiger partial charge in [-0.2, -0.15) is 5.26 Å². The summed E-state index contributed by atoms with van der Waals surface area (Å²) < 4.78 is 1.49. The summed E-state index contributed by atoms with van der Waals surface area (Å²) in [7, 11) is 5.54. The van der Waals surface area contributed by atoms with Crippen molar-refractivity contribution in [2.24, 2.45) is 7.05 Å². The van der Waals surface area contributed by atoms with Crippen molar-refractivity contribution >= 4 is 16.8 Å². The van der Waals surface area contributed by atoms with Crippen molar-refractivity contribution in [2.75, 3.05) is 33.7 Å². The van der Waals surface area contributed by atoms with Gasteiger partial charge in [-0.15, -0.1) is 0 Å². The molecular formula is C28H35N5O2. The molecule has 0 unspecified atom stereocenters. The van der Waals surface area contributed by atoms with E-state index in [1.807, 2.05) is 37.0 Å². The van der Waals surface area contributed by atoms with Crippen LogP contribution in [0.4, 0.5) is 0 Å². The maximum atomic E-state index is 12.4. The molecule has 35 heavy (non-hydrogen) atoms. The number of H-pyrrole nitrogens is 1. The molecule has 2 aromatic heterocycles. The number of likely N-dealkylation sites (N-methyl/N-ethyl adjacent to an activating group) is 1. The predicted molar refractivity (Wildman–Crippen MR) is 140 cm³/mol. The van der Waals surface area contributed by atoms with E-state index in [1.165, 1.54) is 21.1 Å². The zero-order valence-corrected chi connectivity index (χ0v) is 21.6. The summed E-state index contributed by atoms with van der Waals surface area (Å²) in [6.45, 7) is 8.24. The van der Waals surface area contributed by atoms with Gasteiger partial charge in [-0.3, -0.25) is 9.59 Å². The molecule has 1 saturated heterocycles. The summed E-state index contributed by atoms with van der Waals surface area (Å²) >= 11 is 0. The van der Waals surface area contributed by atoms with E-state index in [0.717, 1.165) is 42.7 Å². The number of hydrogen-bond donors (Lipinski definition) is 1. The Balaban J connectivity index is 1.71. The van der Waals surface area contributed by atoms with Crippen LogP contribution in [0.15, 0.2) is 29.2 Å². The molecule has 0 saturated carbocycles. The highest BCUT2D eigenvalue weighted by Crippen LogP contribution is 2.39. The van der Waals surface area contributed by atoms with E-state index in [0.29, 0.717) is 18.0 Å². The van der Waals surface area contributed by atoms with Crippen LogP contribution in [0.2, 0.25) is 0 Å². The standard InChI is InChI=1S/C28H35N5O2/c1-17(2)26-21-13-20(19-9-11-33(12-10-19)25(34)16-31(4)5)7-8-24(21)30-27(26)23-15-32(6)28(35)22(14-29)18(23)3/h7-8,13,15,17,19,30H,9-12,16H2,1-6H3. The van der Waals surface area contributed by atoms with Gasteiger partial charge in [0.05, 0.1) is 12.2 Å². The van der Waals surface area contributed by atoms with Crippen molar-refractivity contribution in [3.05, 3.63) is 57.0 Å². The van der Waals surface area contributed by atoms with Crippen LogP contribution < -0.4 is 5.56 Å². The number of carbonyl (C=O) groups is 1. The maximum absolute atomic E-state index is 12.4. The van der Waals surface area contributed by atoms with E-state index in [9.17, 15) is 14.9 Å². The second-order valence-corrected chi connectivity index (χ2v) is 10.3. The summed E-state index contributed by atoms with van der Waals surface area (Å²) in [5.41, 5.74) is 6.05. The Bertz CT molecular complexity index is 1360. The summed E-state index contributed by atoms with van der Waals surface area (Å²) in [6.07, 6.45) is 3.76. The maximum Gasteiger partial charge on any atom is 0.268 e. The first-order chi connectivity index (χ1) is 16.6. The Hall–Kier alpha value is -3.37. The summed E-state index contributed by atoms with van der Waals surface area (Å²) in [5, 5.41) is 10.8. The Morgan fingerprint density at radius 2 is 1.94 bits per heavy atom. The molecule has 4 rings (SSSR count). The van der Waals surface area contributed by atoms with Crippen LogP contribution in [0, 0.1) is 18.3 Å². The second-order valence-electron chi connectivity index (χ2n) is 10.3. The average Bonchev–Trinajstić information content (AvgIpc) is 3.20. The quantitative estimate of drug-likeness (QED) is 0.604. The van der Waals surface area contributed by atoms with Crippen molar-refractivity contribution < 1.29 is 4.79 Å². The molecule has 1 N–H and O–H groups in total. The second kappa shape index (κ2) is 9.71. The number of fused-ring (bicyclic) bond motifs is 1. The fourth-order valence-electron chi connectivity index (χ4n) is 5.33. The van der Waals surface area contributed by atoms with Crippen molar-refractivity contribution in [1.82, 2.24) is 19.4 Å². The van der Waals surface area contributed by atoms with Crippen molar-refractivity contribution in [3.63, 3.8) is 0 Å². The SMILES string of the molecule is Cc1c(-c2[nH]c3ccc(C4CCN(C(=O)CN(C)C)CC4)cc3c2C(C)C)cn(C)c(=O)c1C#N. The van der Waals surface area contributed by atoms with E-state index < -0.39 is 0 Å². The van der Waals surface area contributed by atoms with Crippen LogP contribution in [-0.4, -0.2) is 59.0 Å². The van der Waals surface area contributed by atoms with Crippen LogP contribution >= 0.6 is 0 Å². The Morgan fingerprint density at radius 3 is 2.54 bits per heavy atom. The van der Waals surface area contributed by atoms with Gasteiger partial charge in [0.2, 0.25) is 5.91 Å². The van der Waals surface area contributed by atoms with Gasteiger partial charge in [0.25, 0.3) is 5.56 Å². The number of likely N-dealkylation sites (tertiary alicyclic amines) is 1. The molecule has 7 nitrogen and oxygen atoms in total. The molecule has 1 aliphatic rings. The molecule has 0 atom stereocenters. The average molecular weight is 474 g/mol. The number of piperidine rings is 1. The third-order valence-electron chi connectivity index (χ3n) is 7.23. The number of amides is 1. The molecule has 0 spiro atoms. The lowest BCUT2D eigenvalue weighted by Gasteiger charge is -2.33. The molecular weight excluding hydrogens is 438 g/mol. The fourth-order valence-corrected chi connectivity index (χ4v) is 5.33. The highest BCUT2D eigenvalue weighted by Gasteiger charge is 2.26. The highest BCUT2D eigenvalue weighted by atomic mass is 16.2. The largest absolute Gasteiger partial charge is 0.354 e. The van der Waals surface area contributed by atoms with E-state index in [-0.39, 0.29) is 22.9 Å². The number of rotatable bonds is 5. The number of nitrogens with zero attached hydrogens (tertiary/aromatic N) is 4. The molecule has 1 aromatic carbocycles. The molecule has 184 valence electrons. The highest BCUT2D eigenvalue weighted by molar-refractivity contribution is 5.92. The van der Waals surface area contributed by atoms with Gasteiger partial charge < -0.3 is 19.4 Å². The van der Waals surface area contributed by atoms with Crippen LogP contribution in [0.5, 0.6) is 0 Å². The lowest BCUT2D eigenvalue weighted by molar-refractivity contribution is -0.132. The van der Waals surface area contributed by atoms with Gasteiger partial charge >= 0.3 is 0 Å². The van der Waals surface area contributed by atoms with Crippen LogP contribution in [-0.2, 0) is 11.8 Å². The Kier molecular flexibility index (Phi) is 6.86. The first-order valence-corrected chi connectivity index (χ1v) is 12.3. The minimum Gasteiger partial charge on any atom is -0.354 e. The van der Waals surface area contributed by atoms with Gasteiger partial charge in [-0.05, 0) is 74.5 Å². The summed E-state index contributed by atoms with van der Waals surface area (Å²) in [4.78, 5) is 32.4. The monoisotopic (exact) mass is 473 g/mol. The Labute approximate surface area is 207 Å². The molecule has 1 amide bonds. The molecule has 1 aliphatic heterocycles. The normalized spacial score (nSPS) is 14.8. The van der Waals surface area contributed by atoms with Crippen LogP contribution in [0.25, 0.3) is 22.2 Å². The van der Waals surface area contributed by atoms with E-state index in [2.05, 4.69) is 43.1 Å². The van der Waals surface area contributed by atoms with Gasteiger partial charge in [0.15, 0.2) is 0 Å². The summed E-state index contributed by atoms with van der Waals surface area (Å²) in [5.74, 6) is 0.873. The number of aromatic nitrogens is 2. The minimum absolute atomic E-state index is 0.189. The first kappa shape index (κ1) is 24.7. The lowest BCUT2D eigenvalue weighted by Crippen LogP contribution is -2.42. The first-order valence-electron chi connectivity index (χ1n) is 12.3. The predicted octanol–water partition coefficient (Wildman–Crippen LogP) is 4.10. The summed E-state index contributed by atoms with van der Waals surface area (Å²) in [6, 6.07) is 8.74. The lowest BCUT2D eigenvalue weighted by atomic mass is 9.87. The molecule has 3 aromatic rings. The number of pyridine rings is 1. The molecule has 3 heterocycles. The van der Waals surface area contributed by atoms with Crippen LogP contribution in [0.3, 0.4) is 0 Å². The number of carbonyl (C=O) groups excluding carboxylic acids is 1. The number of nitriles is 1. The zero-order chi connectivity index (χ0) is 25.4. The van der Waals surface area contributed by atoms with Gasteiger partial charge in [-0.25, -0.2) is 0 Å². The smallest absolute Gasteiger partial charge is 0.268 e. The molecule has 1 fully saturated rings.